The van der Waals surface area contributed by atoms with Crippen molar-refractivity contribution in [2.24, 2.45) is 0 Å². The van der Waals surface area contributed by atoms with E-state index in [1.807, 2.05) is 19.9 Å². The van der Waals surface area contributed by atoms with Crippen molar-refractivity contribution in [3.8, 4) is 6.07 Å². The van der Waals surface area contributed by atoms with Gasteiger partial charge in [-0.3, -0.25) is 0 Å². The maximum absolute atomic E-state index is 13.1. The molecule has 0 amide bonds. The molecule has 0 bridgehead atoms. The molecule has 0 aliphatic carbocycles. The predicted octanol–water partition coefficient (Wildman–Crippen LogP) is 3.38. The normalized spacial score (nSPS) is 11.1. The molecule has 0 aromatic heterocycles. The smallest absolute Gasteiger partial charge is 0.124 e. The Balaban J connectivity index is 3.24. The molecule has 0 aliphatic heterocycles. The fourth-order valence-corrected chi connectivity index (χ4v) is 1.25. The van der Waals surface area contributed by atoms with Gasteiger partial charge in [0.2, 0.25) is 0 Å². The van der Waals surface area contributed by atoms with Gasteiger partial charge in [0.1, 0.15) is 5.82 Å². The molecule has 0 saturated heterocycles. The van der Waals surface area contributed by atoms with Crippen molar-refractivity contribution in [1.82, 2.24) is 0 Å². The van der Waals surface area contributed by atoms with Crippen LogP contribution in [-0.2, 0) is 5.41 Å². The SMILES string of the molecule is CCC(C)(C)c1cc(F)cc(C#N)c1. The highest BCUT2D eigenvalue weighted by atomic mass is 19.1. The summed E-state index contributed by atoms with van der Waals surface area (Å²) in [4.78, 5) is 0. The lowest BCUT2D eigenvalue weighted by Gasteiger charge is -2.23. The van der Waals surface area contributed by atoms with Crippen LogP contribution in [0.1, 0.15) is 38.3 Å². The second-order valence-corrected chi connectivity index (χ2v) is 4.08. The Morgan fingerprint density at radius 2 is 2.00 bits per heavy atom. The Morgan fingerprint density at radius 3 is 2.50 bits per heavy atom. The van der Waals surface area contributed by atoms with Gasteiger partial charge < -0.3 is 0 Å². The second-order valence-electron chi connectivity index (χ2n) is 4.08. The van der Waals surface area contributed by atoms with E-state index in [4.69, 9.17) is 5.26 Å². The first kappa shape index (κ1) is 10.7. The Bertz CT molecular complexity index is 374. The Labute approximate surface area is 84.2 Å². The standard InChI is InChI=1S/C12H14FN/c1-4-12(2,3)10-5-9(8-14)6-11(13)7-10/h5-7H,4H2,1-3H3. The molecule has 14 heavy (non-hydrogen) atoms. The van der Waals surface area contributed by atoms with Crippen molar-refractivity contribution in [3.05, 3.63) is 35.1 Å². The fraction of sp³-hybridized carbons (Fsp3) is 0.417. The van der Waals surface area contributed by atoms with Crippen molar-refractivity contribution in [1.29, 1.82) is 5.26 Å². The molecule has 0 saturated carbocycles. The molecule has 1 aromatic rings. The zero-order chi connectivity index (χ0) is 10.8. The van der Waals surface area contributed by atoms with Crippen LogP contribution in [0.15, 0.2) is 18.2 Å². The molecule has 1 rings (SSSR count). The highest BCUT2D eigenvalue weighted by Crippen LogP contribution is 2.27. The number of hydrogen-bond donors (Lipinski definition) is 0. The summed E-state index contributed by atoms with van der Waals surface area (Å²) in [6.07, 6.45) is 0.918. The van der Waals surface area contributed by atoms with Crippen molar-refractivity contribution in [3.63, 3.8) is 0 Å². The Kier molecular flexibility index (Phi) is 2.90. The average Bonchev–Trinajstić information content (AvgIpc) is 2.16. The molecule has 0 spiro atoms. The van der Waals surface area contributed by atoms with E-state index in [0.29, 0.717) is 5.56 Å². The fourth-order valence-electron chi connectivity index (χ4n) is 1.25. The van der Waals surface area contributed by atoms with Crippen molar-refractivity contribution in [2.75, 3.05) is 0 Å². The molecule has 0 unspecified atom stereocenters. The van der Waals surface area contributed by atoms with Crippen LogP contribution in [0.25, 0.3) is 0 Å². The highest BCUT2D eigenvalue weighted by Gasteiger charge is 2.19. The molecule has 0 atom stereocenters. The van der Waals surface area contributed by atoms with E-state index in [2.05, 4.69) is 6.92 Å². The maximum Gasteiger partial charge on any atom is 0.124 e. The lowest BCUT2D eigenvalue weighted by atomic mass is 9.81. The third-order valence-electron chi connectivity index (χ3n) is 2.69. The summed E-state index contributed by atoms with van der Waals surface area (Å²) in [6.45, 7) is 6.14. The number of nitrogens with zero attached hydrogens (tertiary/aromatic N) is 1. The maximum atomic E-state index is 13.1. The highest BCUT2D eigenvalue weighted by molar-refractivity contribution is 5.36. The first-order valence-electron chi connectivity index (χ1n) is 4.71. The van der Waals surface area contributed by atoms with Crippen molar-refractivity contribution >= 4 is 0 Å². The van der Waals surface area contributed by atoms with E-state index < -0.39 is 0 Å². The molecule has 1 nitrogen and oxygen atoms in total. The van der Waals surface area contributed by atoms with E-state index in [1.54, 1.807) is 6.07 Å². The van der Waals surface area contributed by atoms with Gasteiger partial charge in [0.05, 0.1) is 11.6 Å². The minimum atomic E-state index is -0.333. The Morgan fingerprint density at radius 1 is 1.36 bits per heavy atom. The van der Waals surface area contributed by atoms with Crippen LogP contribution in [0.2, 0.25) is 0 Å². The van der Waals surface area contributed by atoms with E-state index in [-0.39, 0.29) is 11.2 Å². The minimum Gasteiger partial charge on any atom is -0.207 e. The van der Waals surface area contributed by atoms with Gasteiger partial charge in [-0.25, -0.2) is 4.39 Å². The molecule has 0 N–H and O–H groups in total. The summed E-state index contributed by atoms with van der Waals surface area (Å²) in [5.41, 5.74) is 1.20. The largest absolute Gasteiger partial charge is 0.207 e. The molecule has 0 fully saturated rings. The summed E-state index contributed by atoms with van der Waals surface area (Å²) >= 11 is 0. The zero-order valence-corrected chi connectivity index (χ0v) is 8.76. The van der Waals surface area contributed by atoms with Gasteiger partial charge in [-0.1, -0.05) is 20.8 Å². The topological polar surface area (TPSA) is 23.8 Å². The van der Waals surface area contributed by atoms with E-state index in [1.165, 1.54) is 12.1 Å². The van der Waals surface area contributed by atoms with Crippen LogP contribution in [0.5, 0.6) is 0 Å². The van der Waals surface area contributed by atoms with Crippen molar-refractivity contribution < 1.29 is 4.39 Å². The lowest BCUT2D eigenvalue weighted by molar-refractivity contribution is 0.500. The minimum absolute atomic E-state index is 0.0757. The third-order valence-corrected chi connectivity index (χ3v) is 2.69. The number of benzene rings is 1. The predicted molar refractivity (Wildman–Crippen MR) is 54.4 cm³/mol. The molecule has 0 heterocycles. The first-order chi connectivity index (χ1) is 6.49. The number of halogens is 1. The van der Waals surface area contributed by atoms with Gasteiger partial charge >= 0.3 is 0 Å². The van der Waals surface area contributed by atoms with Gasteiger partial charge in [0, 0.05) is 0 Å². The molecular formula is C12H14FN. The summed E-state index contributed by atoms with van der Waals surface area (Å²) in [5.74, 6) is -0.333. The summed E-state index contributed by atoms with van der Waals surface area (Å²) in [5, 5.41) is 8.71. The van der Waals surface area contributed by atoms with Gasteiger partial charge in [0.25, 0.3) is 0 Å². The quantitative estimate of drug-likeness (QED) is 0.703. The summed E-state index contributed by atoms with van der Waals surface area (Å²) in [6, 6.07) is 6.48. The van der Waals surface area contributed by atoms with Crippen LogP contribution >= 0.6 is 0 Å². The number of rotatable bonds is 2. The van der Waals surface area contributed by atoms with Crippen LogP contribution in [0.4, 0.5) is 4.39 Å². The van der Waals surface area contributed by atoms with E-state index >= 15 is 0 Å². The molecule has 1 aromatic carbocycles. The number of nitriles is 1. The van der Waals surface area contributed by atoms with Crippen LogP contribution in [-0.4, -0.2) is 0 Å². The van der Waals surface area contributed by atoms with Crippen LogP contribution in [0.3, 0.4) is 0 Å². The monoisotopic (exact) mass is 191 g/mol. The van der Waals surface area contributed by atoms with Crippen molar-refractivity contribution in [2.45, 2.75) is 32.6 Å². The summed E-state index contributed by atoms with van der Waals surface area (Å²) in [7, 11) is 0. The average molecular weight is 191 g/mol. The van der Waals surface area contributed by atoms with E-state index in [0.717, 1.165) is 12.0 Å². The van der Waals surface area contributed by atoms with Gasteiger partial charge in [-0.15, -0.1) is 0 Å². The second kappa shape index (κ2) is 3.79. The molecule has 74 valence electrons. The summed E-state index contributed by atoms with van der Waals surface area (Å²) < 4.78 is 13.1. The van der Waals surface area contributed by atoms with Crippen LogP contribution < -0.4 is 0 Å². The molecule has 2 heteroatoms. The Hall–Kier alpha value is -1.36. The van der Waals surface area contributed by atoms with Gasteiger partial charge in [-0.2, -0.15) is 5.26 Å². The number of hydrogen-bond acceptors (Lipinski definition) is 1. The van der Waals surface area contributed by atoms with Gasteiger partial charge in [-0.05, 0) is 35.6 Å². The molecule has 0 radical (unpaired) electrons. The van der Waals surface area contributed by atoms with Gasteiger partial charge in [0.15, 0.2) is 0 Å². The lowest BCUT2D eigenvalue weighted by Crippen LogP contribution is -2.15. The first-order valence-corrected chi connectivity index (χ1v) is 4.71. The zero-order valence-electron chi connectivity index (χ0n) is 8.76. The third kappa shape index (κ3) is 2.11. The molecule has 0 aliphatic rings. The molecular weight excluding hydrogens is 177 g/mol. The van der Waals surface area contributed by atoms with Crippen LogP contribution in [0, 0.1) is 17.1 Å². The van der Waals surface area contributed by atoms with E-state index in [9.17, 15) is 4.39 Å².